The van der Waals surface area contributed by atoms with E-state index in [0.717, 1.165) is 22.5 Å². The van der Waals surface area contributed by atoms with E-state index in [1.54, 1.807) is 12.3 Å². The molecule has 0 amide bonds. The van der Waals surface area contributed by atoms with Crippen molar-refractivity contribution in [1.29, 1.82) is 0 Å². The van der Waals surface area contributed by atoms with Crippen LogP contribution in [0.2, 0.25) is 0 Å². The van der Waals surface area contributed by atoms with Crippen molar-refractivity contribution in [1.82, 2.24) is 20.5 Å². The Morgan fingerprint density at radius 2 is 1.86 bits per heavy atom. The van der Waals surface area contributed by atoms with Gasteiger partial charge in [-0.15, -0.1) is 0 Å². The molecule has 146 valence electrons. The molecule has 2 heterocycles. The molecule has 0 aliphatic heterocycles. The van der Waals surface area contributed by atoms with Gasteiger partial charge in [0, 0.05) is 41.5 Å². The van der Waals surface area contributed by atoms with E-state index in [-0.39, 0.29) is 5.82 Å². The van der Waals surface area contributed by atoms with Gasteiger partial charge in [0.15, 0.2) is 0 Å². The first-order valence-corrected chi connectivity index (χ1v) is 9.43. The first-order chi connectivity index (χ1) is 14.2. The number of halogens is 1. The predicted molar refractivity (Wildman–Crippen MR) is 110 cm³/mol. The molecule has 2 aromatic heterocycles. The molecule has 1 unspecified atom stereocenters. The van der Waals surface area contributed by atoms with Gasteiger partial charge in [-0.3, -0.25) is 15.4 Å². The van der Waals surface area contributed by atoms with Crippen molar-refractivity contribution in [2.24, 2.45) is 0 Å². The standard InChI is InChI=1S/C23H21FN4O/c24-17-7-5-6-16(14-17)21-15-22(28-27-21)19-9-1-2-10-20(19)23(29)26-13-11-18-8-3-4-12-25-18/h1-10,12,14-15,23,26,29H,11,13H2,(H,27,28). The summed E-state index contributed by atoms with van der Waals surface area (Å²) in [6.07, 6.45) is 1.64. The number of H-pyrrole nitrogens is 1. The van der Waals surface area contributed by atoms with Gasteiger partial charge in [-0.05, 0) is 30.3 Å². The van der Waals surface area contributed by atoms with Gasteiger partial charge in [-0.25, -0.2) is 4.39 Å². The minimum Gasteiger partial charge on any atom is -0.374 e. The number of aliphatic hydroxyl groups excluding tert-OH is 1. The monoisotopic (exact) mass is 388 g/mol. The zero-order valence-corrected chi connectivity index (χ0v) is 15.7. The van der Waals surface area contributed by atoms with Gasteiger partial charge in [-0.1, -0.05) is 42.5 Å². The average molecular weight is 388 g/mol. The quantitative estimate of drug-likeness (QED) is 0.417. The summed E-state index contributed by atoms with van der Waals surface area (Å²) in [5.74, 6) is -0.306. The number of aliphatic hydroxyl groups is 1. The molecule has 5 nitrogen and oxygen atoms in total. The highest BCUT2D eigenvalue weighted by atomic mass is 19.1. The lowest BCUT2D eigenvalue weighted by Gasteiger charge is -2.16. The van der Waals surface area contributed by atoms with Crippen molar-refractivity contribution in [3.8, 4) is 22.5 Å². The van der Waals surface area contributed by atoms with E-state index >= 15 is 0 Å². The highest BCUT2D eigenvalue weighted by Gasteiger charge is 2.15. The summed E-state index contributed by atoms with van der Waals surface area (Å²) in [6, 6.07) is 21.5. The normalized spacial score (nSPS) is 12.1. The SMILES string of the molecule is OC(NCCc1ccccn1)c1ccccc1-c1cc(-c2cccc(F)c2)n[nH]1. The Morgan fingerprint density at radius 3 is 2.69 bits per heavy atom. The van der Waals surface area contributed by atoms with Crippen molar-refractivity contribution in [3.05, 3.63) is 96.1 Å². The molecular weight excluding hydrogens is 367 g/mol. The third-order valence-electron chi connectivity index (χ3n) is 4.69. The molecule has 0 aliphatic rings. The van der Waals surface area contributed by atoms with Crippen molar-refractivity contribution in [3.63, 3.8) is 0 Å². The molecular formula is C23H21FN4O. The molecule has 0 aliphatic carbocycles. The molecule has 4 aromatic rings. The smallest absolute Gasteiger partial charge is 0.131 e. The molecule has 4 rings (SSSR count). The summed E-state index contributed by atoms with van der Waals surface area (Å²) in [6.45, 7) is 0.587. The Hall–Kier alpha value is -3.35. The zero-order valence-electron chi connectivity index (χ0n) is 15.7. The molecule has 0 saturated heterocycles. The average Bonchev–Trinajstić information content (AvgIpc) is 3.25. The molecule has 3 N–H and O–H groups in total. The van der Waals surface area contributed by atoms with Crippen molar-refractivity contribution < 1.29 is 9.50 Å². The second kappa shape index (κ2) is 8.77. The van der Waals surface area contributed by atoms with Crippen LogP contribution < -0.4 is 5.32 Å². The van der Waals surface area contributed by atoms with Crippen LogP contribution in [0.4, 0.5) is 4.39 Å². The molecule has 0 radical (unpaired) electrons. The number of nitrogens with zero attached hydrogens (tertiary/aromatic N) is 2. The molecule has 1 atom stereocenters. The lowest BCUT2D eigenvalue weighted by Crippen LogP contribution is -2.24. The number of nitrogens with one attached hydrogen (secondary N) is 2. The highest BCUT2D eigenvalue weighted by Crippen LogP contribution is 2.29. The van der Waals surface area contributed by atoms with Crippen molar-refractivity contribution in [2.75, 3.05) is 6.54 Å². The fourth-order valence-corrected chi connectivity index (χ4v) is 3.23. The maximum absolute atomic E-state index is 13.5. The van der Waals surface area contributed by atoms with Crippen LogP contribution in [-0.4, -0.2) is 26.8 Å². The van der Waals surface area contributed by atoms with Crippen LogP contribution in [0.25, 0.3) is 22.5 Å². The summed E-state index contributed by atoms with van der Waals surface area (Å²) in [5.41, 5.74) is 4.63. The van der Waals surface area contributed by atoms with E-state index in [9.17, 15) is 9.50 Å². The second-order valence-corrected chi connectivity index (χ2v) is 6.69. The van der Waals surface area contributed by atoms with Crippen molar-refractivity contribution >= 4 is 0 Å². The summed E-state index contributed by atoms with van der Waals surface area (Å²) < 4.78 is 13.5. The minimum absolute atomic E-state index is 0.306. The van der Waals surface area contributed by atoms with Crippen LogP contribution in [-0.2, 0) is 6.42 Å². The Morgan fingerprint density at radius 1 is 1.00 bits per heavy atom. The number of benzene rings is 2. The van der Waals surface area contributed by atoms with Crippen LogP contribution >= 0.6 is 0 Å². The lowest BCUT2D eigenvalue weighted by molar-refractivity contribution is 0.140. The number of aromatic amines is 1. The zero-order chi connectivity index (χ0) is 20.1. The van der Waals surface area contributed by atoms with Crippen molar-refractivity contribution in [2.45, 2.75) is 12.6 Å². The van der Waals surface area contributed by atoms with E-state index < -0.39 is 6.23 Å². The van der Waals surface area contributed by atoms with Gasteiger partial charge < -0.3 is 5.11 Å². The van der Waals surface area contributed by atoms with Crippen LogP contribution in [0.5, 0.6) is 0 Å². The Kier molecular flexibility index (Phi) is 5.74. The Bertz CT molecular complexity index is 1080. The van der Waals surface area contributed by atoms with Crippen LogP contribution in [0.15, 0.2) is 79.0 Å². The van der Waals surface area contributed by atoms with E-state index in [0.29, 0.717) is 24.2 Å². The Balaban J connectivity index is 1.51. The summed E-state index contributed by atoms with van der Waals surface area (Å²) in [4.78, 5) is 4.29. The fourth-order valence-electron chi connectivity index (χ4n) is 3.23. The number of pyridine rings is 1. The van der Waals surface area contributed by atoms with Crippen LogP contribution in [0.1, 0.15) is 17.5 Å². The van der Waals surface area contributed by atoms with Gasteiger partial charge >= 0.3 is 0 Å². The summed E-state index contributed by atoms with van der Waals surface area (Å²) >= 11 is 0. The van der Waals surface area contributed by atoms with Gasteiger partial charge in [0.2, 0.25) is 0 Å². The number of hydrogen-bond donors (Lipinski definition) is 3. The maximum Gasteiger partial charge on any atom is 0.131 e. The second-order valence-electron chi connectivity index (χ2n) is 6.69. The van der Waals surface area contributed by atoms with Gasteiger partial charge in [-0.2, -0.15) is 5.10 Å². The molecule has 6 heteroatoms. The third-order valence-corrected chi connectivity index (χ3v) is 4.69. The van der Waals surface area contributed by atoms with Gasteiger partial charge in [0.25, 0.3) is 0 Å². The first kappa shape index (κ1) is 19.0. The van der Waals surface area contributed by atoms with E-state index in [4.69, 9.17) is 0 Å². The molecule has 0 saturated carbocycles. The highest BCUT2D eigenvalue weighted by molar-refractivity contribution is 5.70. The predicted octanol–water partition coefficient (Wildman–Crippen LogP) is 4.10. The van der Waals surface area contributed by atoms with Gasteiger partial charge in [0.05, 0.1) is 11.4 Å². The first-order valence-electron chi connectivity index (χ1n) is 9.43. The summed E-state index contributed by atoms with van der Waals surface area (Å²) in [7, 11) is 0. The molecule has 0 spiro atoms. The fraction of sp³-hybridized carbons (Fsp3) is 0.130. The van der Waals surface area contributed by atoms with Gasteiger partial charge in [0.1, 0.15) is 12.0 Å². The van der Waals surface area contributed by atoms with E-state index in [1.165, 1.54) is 12.1 Å². The summed E-state index contributed by atoms with van der Waals surface area (Å²) in [5, 5.41) is 21.1. The number of aromatic nitrogens is 3. The van der Waals surface area contributed by atoms with Crippen LogP contribution in [0.3, 0.4) is 0 Å². The molecule has 2 aromatic carbocycles. The Labute approximate surface area is 168 Å². The van der Waals surface area contributed by atoms with Crippen LogP contribution in [0, 0.1) is 5.82 Å². The molecule has 29 heavy (non-hydrogen) atoms. The van der Waals surface area contributed by atoms with E-state index in [2.05, 4.69) is 20.5 Å². The molecule has 0 bridgehead atoms. The lowest BCUT2D eigenvalue weighted by atomic mass is 10.0. The largest absolute Gasteiger partial charge is 0.374 e. The molecule has 0 fully saturated rings. The maximum atomic E-state index is 13.5. The number of rotatable bonds is 7. The van der Waals surface area contributed by atoms with E-state index in [1.807, 2.05) is 54.6 Å². The minimum atomic E-state index is -0.837. The number of hydrogen-bond acceptors (Lipinski definition) is 4. The topological polar surface area (TPSA) is 73.8 Å². The third kappa shape index (κ3) is 4.56.